The van der Waals surface area contributed by atoms with Gasteiger partial charge in [-0.05, 0) is 23.8 Å². The number of hydrogen-bond acceptors (Lipinski definition) is 2. The molecule has 2 nitrogen and oxygen atoms in total. The highest BCUT2D eigenvalue weighted by Gasteiger charge is 2.30. The molecule has 2 aromatic carbocycles. The molecule has 96 valence electrons. The molecule has 0 fully saturated rings. The summed E-state index contributed by atoms with van der Waals surface area (Å²) in [6.07, 6.45) is -4.41. The predicted molar refractivity (Wildman–Crippen MR) is 66.0 cm³/mol. The molecule has 0 bridgehead atoms. The summed E-state index contributed by atoms with van der Waals surface area (Å²) in [5.74, 6) is 0. The lowest BCUT2D eigenvalue weighted by molar-refractivity contribution is -0.137. The number of hydrogen-bond donors (Lipinski definition) is 1. The lowest BCUT2D eigenvalue weighted by atomic mass is 9.99. The summed E-state index contributed by atoms with van der Waals surface area (Å²) >= 11 is 0. The molecule has 0 amide bonds. The number of anilines is 1. The van der Waals surface area contributed by atoms with Crippen molar-refractivity contribution in [3.05, 3.63) is 53.6 Å². The van der Waals surface area contributed by atoms with E-state index in [1.165, 1.54) is 18.2 Å². The Kier molecular flexibility index (Phi) is 3.17. The van der Waals surface area contributed by atoms with Crippen molar-refractivity contribution < 1.29 is 13.2 Å². The van der Waals surface area contributed by atoms with Gasteiger partial charge in [0.15, 0.2) is 0 Å². The summed E-state index contributed by atoms with van der Waals surface area (Å²) in [4.78, 5) is 0. The van der Waals surface area contributed by atoms with E-state index in [0.29, 0.717) is 11.1 Å². The summed E-state index contributed by atoms with van der Waals surface area (Å²) in [6.45, 7) is 0. The van der Waals surface area contributed by atoms with Gasteiger partial charge in [-0.3, -0.25) is 0 Å². The fourth-order valence-corrected chi connectivity index (χ4v) is 1.78. The maximum atomic E-state index is 12.6. The van der Waals surface area contributed by atoms with Crippen LogP contribution in [0.5, 0.6) is 0 Å². The molecule has 0 atom stereocenters. The van der Waals surface area contributed by atoms with Crippen LogP contribution in [0.4, 0.5) is 18.9 Å². The van der Waals surface area contributed by atoms with Crippen LogP contribution in [0.3, 0.4) is 0 Å². The Bertz CT molecular complexity index is 654. The van der Waals surface area contributed by atoms with Crippen molar-refractivity contribution in [1.29, 1.82) is 5.26 Å². The highest BCUT2D eigenvalue weighted by atomic mass is 19.4. The summed E-state index contributed by atoms with van der Waals surface area (Å²) in [7, 11) is 0. The van der Waals surface area contributed by atoms with Gasteiger partial charge in [0, 0.05) is 5.56 Å². The Morgan fingerprint density at radius 1 is 1.05 bits per heavy atom. The molecule has 2 N–H and O–H groups in total. The van der Waals surface area contributed by atoms with Gasteiger partial charge in [0.2, 0.25) is 0 Å². The van der Waals surface area contributed by atoms with Gasteiger partial charge in [0.25, 0.3) is 0 Å². The topological polar surface area (TPSA) is 49.8 Å². The summed E-state index contributed by atoms with van der Waals surface area (Å²) in [5, 5.41) is 8.86. The average molecular weight is 262 g/mol. The average Bonchev–Trinajstić information content (AvgIpc) is 2.38. The second-order valence-electron chi connectivity index (χ2n) is 3.96. The number of benzene rings is 2. The van der Waals surface area contributed by atoms with E-state index < -0.39 is 11.7 Å². The van der Waals surface area contributed by atoms with Crippen LogP contribution in [0.25, 0.3) is 11.1 Å². The van der Waals surface area contributed by atoms with Crippen molar-refractivity contribution >= 4 is 5.69 Å². The molecule has 0 saturated heterocycles. The molecule has 0 spiro atoms. The third-order valence-electron chi connectivity index (χ3n) is 2.73. The Morgan fingerprint density at radius 3 is 2.37 bits per heavy atom. The molecular weight excluding hydrogens is 253 g/mol. The van der Waals surface area contributed by atoms with Gasteiger partial charge in [-0.1, -0.05) is 24.3 Å². The van der Waals surface area contributed by atoms with Crippen molar-refractivity contribution in [3.63, 3.8) is 0 Å². The number of nitrogens with zero attached hydrogens (tertiary/aromatic N) is 1. The molecule has 0 aliphatic heterocycles. The van der Waals surface area contributed by atoms with Crippen LogP contribution in [0.15, 0.2) is 42.5 Å². The molecule has 0 unspecified atom stereocenters. The van der Waals surface area contributed by atoms with Crippen LogP contribution in [-0.2, 0) is 6.18 Å². The van der Waals surface area contributed by atoms with Crippen molar-refractivity contribution in [1.82, 2.24) is 0 Å². The number of nitriles is 1. The fourth-order valence-electron chi connectivity index (χ4n) is 1.78. The van der Waals surface area contributed by atoms with Crippen LogP contribution in [-0.4, -0.2) is 0 Å². The zero-order valence-electron chi connectivity index (χ0n) is 9.70. The van der Waals surface area contributed by atoms with E-state index in [0.717, 1.165) is 12.1 Å². The van der Waals surface area contributed by atoms with E-state index in [9.17, 15) is 13.2 Å². The summed E-state index contributed by atoms with van der Waals surface area (Å²) in [6, 6.07) is 11.5. The van der Waals surface area contributed by atoms with Gasteiger partial charge in [-0.25, -0.2) is 0 Å². The third-order valence-corrected chi connectivity index (χ3v) is 2.73. The lowest BCUT2D eigenvalue weighted by Gasteiger charge is -2.11. The first kappa shape index (κ1) is 13.0. The van der Waals surface area contributed by atoms with E-state index in [4.69, 9.17) is 11.0 Å². The number of rotatable bonds is 1. The molecule has 2 aromatic rings. The molecule has 0 aromatic heterocycles. The largest absolute Gasteiger partial charge is 0.416 e. The van der Waals surface area contributed by atoms with E-state index in [-0.39, 0.29) is 11.3 Å². The minimum Gasteiger partial charge on any atom is -0.397 e. The van der Waals surface area contributed by atoms with E-state index in [1.54, 1.807) is 12.1 Å². The molecular formula is C14H9F3N2. The lowest BCUT2D eigenvalue weighted by Crippen LogP contribution is -2.04. The molecule has 5 heteroatoms. The van der Waals surface area contributed by atoms with Crippen LogP contribution < -0.4 is 5.73 Å². The van der Waals surface area contributed by atoms with Crippen molar-refractivity contribution in [2.75, 3.05) is 5.73 Å². The van der Waals surface area contributed by atoms with Gasteiger partial charge in [0.1, 0.15) is 6.07 Å². The fraction of sp³-hybridized carbons (Fsp3) is 0.0714. The second-order valence-corrected chi connectivity index (χ2v) is 3.96. The number of alkyl halides is 3. The standard InChI is InChI=1S/C14H9F3N2/c15-14(16,17)11-5-1-3-9(7-11)12-6-2-4-10(8-18)13(12)19/h1-7H,19H2. The quantitative estimate of drug-likeness (QED) is 0.794. The first-order valence-corrected chi connectivity index (χ1v) is 5.39. The van der Waals surface area contributed by atoms with Gasteiger partial charge < -0.3 is 5.73 Å². The van der Waals surface area contributed by atoms with Crippen LogP contribution in [0.2, 0.25) is 0 Å². The Morgan fingerprint density at radius 2 is 1.74 bits per heavy atom. The smallest absolute Gasteiger partial charge is 0.397 e. The number of para-hydroxylation sites is 1. The Balaban J connectivity index is 2.58. The van der Waals surface area contributed by atoms with Gasteiger partial charge in [-0.2, -0.15) is 18.4 Å². The maximum absolute atomic E-state index is 12.6. The highest BCUT2D eigenvalue weighted by Crippen LogP contribution is 2.34. The molecule has 0 radical (unpaired) electrons. The molecule has 0 heterocycles. The zero-order chi connectivity index (χ0) is 14.0. The molecule has 2 rings (SSSR count). The highest BCUT2D eigenvalue weighted by molar-refractivity contribution is 5.80. The first-order valence-electron chi connectivity index (χ1n) is 5.39. The monoisotopic (exact) mass is 262 g/mol. The Labute approximate surface area is 107 Å². The van der Waals surface area contributed by atoms with Gasteiger partial charge in [0.05, 0.1) is 16.8 Å². The van der Waals surface area contributed by atoms with E-state index >= 15 is 0 Å². The summed E-state index contributed by atoms with van der Waals surface area (Å²) in [5.41, 5.74) is 6.23. The number of nitrogen functional groups attached to an aromatic ring is 1. The van der Waals surface area contributed by atoms with Crippen LogP contribution in [0.1, 0.15) is 11.1 Å². The van der Waals surface area contributed by atoms with E-state index in [1.807, 2.05) is 6.07 Å². The van der Waals surface area contributed by atoms with Gasteiger partial charge in [-0.15, -0.1) is 0 Å². The van der Waals surface area contributed by atoms with Crippen molar-refractivity contribution in [2.24, 2.45) is 0 Å². The zero-order valence-corrected chi connectivity index (χ0v) is 9.70. The molecule has 0 aliphatic carbocycles. The minimum absolute atomic E-state index is 0.185. The second kappa shape index (κ2) is 4.65. The van der Waals surface area contributed by atoms with E-state index in [2.05, 4.69) is 0 Å². The Hall–Kier alpha value is -2.48. The van der Waals surface area contributed by atoms with Crippen molar-refractivity contribution in [2.45, 2.75) is 6.18 Å². The first-order chi connectivity index (χ1) is 8.93. The number of nitrogens with two attached hydrogens (primary N) is 1. The van der Waals surface area contributed by atoms with Crippen LogP contribution in [0, 0.1) is 11.3 Å². The van der Waals surface area contributed by atoms with Gasteiger partial charge >= 0.3 is 6.18 Å². The van der Waals surface area contributed by atoms with Crippen molar-refractivity contribution in [3.8, 4) is 17.2 Å². The minimum atomic E-state index is -4.41. The predicted octanol–water partition coefficient (Wildman–Crippen LogP) is 3.83. The van der Waals surface area contributed by atoms with Crippen LogP contribution >= 0.6 is 0 Å². The molecule has 19 heavy (non-hydrogen) atoms. The number of halogens is 3. The molecule has 0 aliphatic rings. The third kappa shape index (κ3) is 2.52. The maximum Gasteiger partial charge on any atom is 0.416 e. The summed E-state index contributed by atoms with van der Waals surface area (Å²) < 4.78 is 37.9. The molecule has 0 saturated carbocycles. The normalized spacial score (nSPS) is 11.1. The SMILES string of the molecule is N#Cc1cccc(-c2cccc(C(F)(F)F)c2)c1N.